The fraction of sp³-hybridized carbons (Fsp3) is 0.300. The van der Waals surface area contributed by atoms with Crippen molar-refractivity contribution in [3.8, 4) is 5.75 Å². The molecule has 2 nitrogen and oxygen atoms in total. The van der Waals surface area contributed by atoms with Crippen LogP contribution in [0.3, 0.4) is 0 Å². The van der Waals surface area contributed by atoms with Crippen LogP contribution >= 0.6 is 15.9 Å². The maximum absolute atomic E-state index is 12.8. The van der Waals surface area contributed by atoms with E-state index in [0.29, 0.717) is 5.33 Å². The molecule has 0 atom stereocenters. The van der Waals surface area contributed by atoms with E-state index < -0.39 is 18.2 Å². The monoisotopic (exact) mass is 296 g/mol. The molecule has 16 heavy (non-hydrogen) atoms. The zero-order chi connectivity index (χ0) is 12.1. The first kappa shape index (κ1) is 13.0. The summed E-state index contributed by atoms with van der Waals surface area (Å²) in [6.07, 6.45) is 0.130. The molecule has 0 unspecified atom stereocenters. The summed E-state index contributed by atoms with van der Waals surface area (Å²) in [5.41, 5.74) is -0.0406. The van der Waals surface area contributed by atoms with Crippen LogP contribution in [-0.2, 0) is 0 Å². The van der Waals surface area contributed by atoms with Gasteiger partial charge in [-0.1, -0.05) is 15.9 Å². The number of hydrogen-bond donors (Lipinski definition) is 0. The Morgan fingerprint density at radius 1 is 1.44 bits per heavy atom. The van der Waals surface area contributed by atoms with Crippen molar-refractivity contribution in [1.29, 1.82) is 0 Å². The van der Waals surface area contributed by atoms with E-state index in [-0.39, 0.29) is 17.8 Å². The molecule has 0 aliphatic rings. The Morgan fingerprint density at radius 3 is 2.69 bits per heavy atom. The van der Waals surface area contributed by atoms with Crippen LogP contribution < -0.4 is 4.74 Å². The van der Waals surface area contributed by atoms with E-state index in [9.17, 15) is 18.0 Å². The summed E-state index contributed by atoms with van der Waals surface area (Å²) in [4.78, 5) is 11.5. The van der Waals surface area contributed by atoms with Gasteiger partial charge in [-0.2, -0.15) is 8.78 Å². The van der Waals surface area contributed by atoms with Crippen molar-refractivity contribution in [2.75, 3.05) is 5.33 Å². The van der Waals surface area contributed by atoms with Gasteiger partial charge >= 0.3 is 6.61 Å². The number of carbonyl (C=O) groups is 1. The standard InChI is InChI=1S/C10H8BrF3O2/c11-4-3-8(15)7-2-1-6(12)5-9(7)16-10(13)14/h1-2,5,10H,3-4H2. The molecule has 1 rings (SSSR count). The van der Waals surface area contributed by atoms with E-state index in [1.54, 1.807) is 0 Å². The number of benzene rings is 1. The number of alkyl halides is 3. The molecule has 88 valence electrons. The molecule has 0 amide bonds. The Balaban J connectivity index is 3.02. The molecule has 0 radical (unpaired) electrons. The predicted molar refractivity (Wildman–Crippen MR) is 55.8 cm³/mol. The molecule has 0 aliphatic carbocycles. The molecule has 0 aliphatic heterocycles. The van der Waals surface area contributed by atoms with Gasteiger partial charge in [0.05, 0.1) is 5.56 Å². The third-order valence-corrected chi connectivity index (χ3v) is 2.18. The number of carbonyl (C=O) groups excluding carboxylic acids is 1. The number of ketones is 1. The lowest BCUT2D eigenvalue weighted by molar-refractivity contribution is -0.0503. The van der Waals surface area contributed by atoms with Crippen LogP contribution in [0, 0.1) is 5.82 Å². The minimum absolute atomic E-state index is 0.0406. The quantitative estimate of drug-likeness (QED) is 0.615. The Kier molecular flexibility index (Phi) is 4.79. The lowest BCUT2D eigenvalue weighted by atomic mass is 10.1. The Labute approximate surface area is 98.5 Å². The SMILES string of the molecule is O=C(CCBr)c1ccc(F)cc1OC(F)F. The minimum Gasteiger partial charge on any atom is -0.434 e. The smallest absolute Gasteiger partial charge is 0.387 e. The van der Waals surface area contributed by atoms with Gasteiger partial charge in [-0.25, -0.2) is 4.39 Å². The summed E-state index contributed by atoms with van der Waals surface area (Å²) in [5.74, 6) is -1.54. The van der Waals surface area contributed by atoms with Gasteiger partial charge < -0.3 is 4.74 Å². The van der Waals surface area contributed by atoms with Crippen molar-refractivity contribution in [2.24, 2.45) is 0 Å². The molecule has 1 aromatic rings. The van der Waals surface area contributed by atoms with Crippen LogP contribution in [0.2, 0.25) is 0 Å². The fourth-order valence-electron chi connectivity index (χ4n) is 1.14. The van der Waals surface area contributed by atoms with Crippen molar-refractivity contribution < 1.29 is 22.7 Å². The van der Waals surface area contributed by atoms with E-state index in [1.807, 2.05) is 0 Å². The number of Topliss-reactive ketones (excluding diaryl/α,β-unsaturated/α-hetero) is 1. The lowest BCUT2D eigenvalue weighted by Crippen LogP contribution is -2.08. The summed E-state index contributed by atoms with van der Waals surface area (Å²) in [6, 6.07) is 2.94. The van der Waals surface area contributed by atoms with E-state index >= 15 is 0 Å². The van der Waals surface area contributed by atoms with Crippen LogP contribution in [0.1, 0.15) is 16.8 Å². The fourth-order valence-corrected chi connectivity index (χ4v) is 1.50. The zero-order valence-corrected chi connectivity index (χ0v) is 9.64. The molecule has 0 heterocycles. The third kappa shape index (κ3) is 3.52. The van der Waals surface area contributed by atoms with Crippen molar-refractivity contribution in [2.45, 2.75) is 13.0 Å². The topological polar surface area (TPSA) is 26.3 Å². The van der Waals surface area contributed by atoms with Gasteiger partial charge in [0.15, 0.2) is 5.78 Å². The van der Waals surface area contributed by atoms with Crippen molar-refractivity contribution in [1.82, 2.24) is 0 Å². The largest absolute Gasteiger partial charge is 0.434 e. The number of halogens is 4. The average Bonchev–Trinajstić information content (AvgIpc) is 2.16. The highest BCUT2D eigenvalue weighted by molar-refractivity contribution is 9.09. The second kappa shape index (κ2) is 5.89. The average molecular weight is 297 g/mol. The molecule has 0 N–H and O–H groups in total. The Morgan fingerprint density at radius 2 is 2.12 bits per heavy atom. The highest BCUT2D eigenvalue weighted by Gasteiger charge is 2.16. The van der Waals surface area contributed by atoms with Gasteiger partial charge in [-0.15, -0.1) is 0 Å². The third-order valence-electron chi connectivity index (χ3n) is 1.78. The van der Waals surface area contributed by atoms with Crippen LogP contribution in [0.5, 0.6) is 5.75 Å². The zero-order valence-electron chi connectivity index (χ0n) is 8.05. The van der Waals surface area contributed by atoms with Gasteiger partial charge in [-0.05, 0) is 12.1 Å². The van der Waals surface area contributed by atoms with Crippen LogP contribution in [0.4, 0.5) is 13.2 Å². The summed E-state index contributed by atoms with van der Waals surface area (Å²) in [7, 11) is 0. The lowest BCUT2D eigenvalue weighted by Gasteiger charge is -2.09. The predicted octanol–water partition coefficient (Wildman–Crippen LogP) is 3.39. The molecule has 1 aromatic carbocycles. The van der Waals surface area contributed by atoms with E-state index in [1.165, 1.54) is 0 Å². The molecular formula is C10H8BrF3O2. The Hall–Kier alpha value is -1.04. The summed E-state index contributed by atoms with van der Waals surface area (Å²) in [6.45, 7) is -3.09. The maximum atomic E-state index is 12.8. The molecule has 0 saturated carbocycles. The normalized spacial score (nSPS) is 10.6. The van der Waals surface area contributed by atoms with Crippen LogP contribution in [-0.4, -0.2) is 17.7 Å². The van der Waals surface area contributed by atoms with Crippen LogP contribution in [0.15, 0.2) is 18.2 Å². The number of ether oxygens (including phenoxy) is 1. The minimum atomic E-state index is -3.09. The molecular weight excluding hydrogens is 289 g/mol. The molecule has 0 aromatic heterocycles. The highest BCUT2D eigenvalue weighted by atomic mass is 79.9. The van der Waals surface area contributed by atoms with Crippen LogP contribution in [0.25, 0.3) is 0 Å². The first-order chi connectivity index (χ1) is 7.54. The molecule has 6 heteroatoms. The molecule has 0 spiro atoms. The maximum Gasteiger partial charge on any atom is 0.387 e. The first-order valence-corrected chi connectivity index (χ1v) is 5.50. The van der Waals surface area contributed by atoms with E-state index in [0.717, 1.165) is 18.2 Å². The van der Waals surface area contributed by atoms with Gasteiger partial charge in [0, 0.05) is 17.8 Å². The van der Waals surface area contributed by atoms with Crippen molar-refractivity contribution in [3.63, 3.8) is 0 Å². The second-order valence-corrected chi connectivity index (χ2v) is 3.67. The van der Waals surface area contributed by atoms with Crippen molar-refractivity contribution >= 4 is 21.7 Å². The van der Waals surface area contributed by atoms with E-state index in [2.05, 4.69) is 20.7 Å². The van der Waals surface area contributed by atoms with Gasteiger partial charge in [0.1, 0.15) is 11.6 Å². The van der Waals surface area contributed by atoms with Gasteiger partial charge in [0.2, 0.25) is 0 Å². The molecule has 0 fully saturated rings. The molecule has 0 bridgehead atoms. The number of hydrogen-bond acceptors (Lipinski definition) is 2. The second-order valence-electron chi connectivity index (χ2n) is 2.88. The first-order valence-electron chi connectivity index (χ1n) is 4.38. The Bertz CT molecular complexity index is 382. The van der Waals surface area contributed by atoms with E-state index in [4.69, 9.17) is 0 Å². The molecule has 0 saturated heterocycles. The summed E-state index contributed by atoms with van der Waals surface area (Å²) >= 11 is 3.05. The highest BCUT2D eigenvalue weighted by Crippen LogP contribution is 2.23. The van der Waals surface area contributed by atoms with Gasteiger partial charge in [-0.3, -0.25) is 4.79 Å². The van der Waals surface area contributed by atoms with Gasteiger partial charge in [0.25, 0.3) is 0 Å². The summed E-state index contributed by atoms with van der Waals surface area (Å²) in [5, 5.41) is 0.400. The summed E-state index contributed by atoms with van der Waals surface area (Å²) < 4.78 is 40.9. The number of rotatable bonds is 5. The van der Waals surface area contributed by atoms with Crippen molar-refractivity contribution in [3.05, 3.63) is 29.6 Å².